The molecule has 2 atom stereocenters. The van der Waals surface area contributed by atoms with Crippen LogP contribution in [0.2, 0.25) is 0 Å². The highest BCUT2D eigenvalue weighted by molar-refractivity contribution is 5.24. The molecule has 2 unspecified atom stereocenters. The first-order chi connectivity index (χ1) is 10.3. The normalized spacial score (nSPS) is 25.5. The van der Waals surface area contributed by atoms with E-state index in [0.717, 1.165) is 30.8 Å². The first-order valence-corrected chi connectivity index (χ1v) is 8.19. The van der Waals surface area contributed by atoms with Crippen molar-refractivity contribution in [2.24, 2.45) is 5.73 Å². The van der Waals surface area contributed by atoms with E-state index in [1.807, 2.05) is 24.3 Å². The second-order valence-electron chi connectivity index (χ2n) is 6.41. The number of fused-ring (bicyclic) bond motifs is 1. The van der Waals surface area contributed by atoms with Gasteiger partial charge in [-0.25, -0.2) is 0 Å². The lowest BCUT2D eigenvalue weighted by Crippen LogP contribution is -2.38. The van der Waals surface area contributed by atoms with Crippen LogP contribution in [0.4, 0.5) is 0 Å². The molecule has 1 aromatic carbocycles. The number of hydrogen-bond donors (Lipinski definition) is 2. The molecule has 3 N–H and O–H groups in total. The molecule has 0 spiro atoms. The lowest BCUT2D eigenvalue weighted by Gasteiger charge is -2.27. The topological polar surface area (TPSA) is 52.7 Å². The van der Waals surface area contributed by atoms with E-state index in [1.54, 1.807) is 0 Å². The first kappa shape index (κ1) is 15.0. The fraction of sp³-hybridized carbons (Fsp3) is 0.647. The standard InChI is InChI=1S/C17H27N3O/c18-11-14-4-6-15(7-5-14)17(21)13-19-8-2-10-20-9-1-3-16(20)12-19/h4-7,16-17,21H,1-3,8-13,18H2. The van der Waals surface area contributed by atoms with Gasteiger partial charge in [0.05, 0.1) is 6.10 Å². The molecule has 2 heterocycles. The van der Waals surface area contributed by atoms with Gasteiger partial charge in [-0.3, -0.25) is 9.80 Å². The molecule has 2 saturated heterocycles. The molecule has 0 amide bonds. The quantitative estimate of drug-likeness (QED) is 0.878. The van der Waals surface area contributed by atoms with Gasteiger partial charge in [0.2, 0.25) is 0 Å². The largest absolute Gasteiger partial charge is 0.387 e. The molecule has 0 bridgehead atoms. The van der Waals surface area contributed by atoms with E-state index in [-0.39, 0.29) is 0 Å². The Kier molecular flexibility index (Phi) is 4.91. The number of aliphatic hydroxyl groups is 1. The summed E-state index contributed by atoms with van der Waals surface area (Å²) in [5.74, 6) is 0. The van der Waals surface area contributed by atoms with Crippen molar-refractivity contribution < 1.29 is 5.11 Å². The average Bonchev–Trinajstić information content (AvgIpc) is 2.86. The SMILES string of the molecule is NCc1ccc(C(O)CN2CCCN3CCCC3C2)cc1. The van der Waals surface area contributed by atoms with Crippen molar-refractivity contribution in [3.05, 3.63) is 35.4 Å². The van der Waals surface area contributed by atoms with Gasteiger partial charge in [0.15, 0.2) is 0 Å². The molecule has 0 aliphatic carbocycles. The number of aliphatic hydroxyl groups excluding tert-OH is 1. The molecule has 21 heavy (non-hydrogen) atoms. The van der Waals surface area contributed by atoms with E-state index in [9.17, 15) is 5.11 Å². The summed E-state index contributed by atoms with van der Waals surface area (Å²) in [7, 11) is 0. The lowest BCUT2D eigenvalue weighted by molar-refractivity contribution is 0.108. The molecular weight excluding hydrogens is 262 g/mol. The number of benzene rings is 1. The monoisotopic (exact) mass is 289 g/mol. The molecule has 4 heteroatoms. The van der Waals surface area contributed by atoms with Crippen LogP contribution >= 0.6 is 0 Å². The van der Waals surface area contributed by atoms with Crippen molar-refractivity contribution >= 4 is 0 Å². The summed E-state index contributed by atoms with van der Waals surface area (Å²) in [5, 5.41) is 10.5. The second-order valence-corrected chi connectivity index (χ2v) is 6.41. The third kappa shape index (κ3) is 3.64. The van der Waals surface area contributed by atoms with Crippen molar-refractivity contribution in [1.29, 1.82) is 0 Å². The highest BCUT2D eigenvalue weighted by Crippen LogP contribution is 2.23. The van der Waals surface area contributed by atoms with Crippen LogP contribution in [0.3, 0.4) is 0 Å². The highest BCUT2D eigenvalue weighted by atomic mass is 16.3. The fourth-order valence-corrected chi connectivity index (χ4v) is 3.67. The molecule has 0 saturated carbocycles. The summed E-state index contributed by atoms with van der Waals surface area (Å²) in [6, 6.07) is 8.75. The van der Waals surface area contributed by atoms with Gasteiger partial charge < -0.3 is 10.8 Å². The van der Waals surface area contributed by atoms with Crippen molar-refractivity contribution in [2.45, 2.75) is 38.0 Å². The lowest BCUT2D eigenvalue weighted by atomic mass is 10.1. The van der Waals surface area contributed by atoms with Crippen LogP contribution in [-0.4, -0.2) is 53.7 Å². The van der Waals surface area contributed by atoms with Gasteiger partial charge in [-0.2, -0.15) is 0 Å². The van der Waals surface area contributed by atoms with Gasteiger partial charge in [0.25, 0.3) is 0 Å². The van der Waals surface area contributed by atoms with E-state index < -0.39 is 6.10 Å². The average molecular weight is 289 g/mol. The maximum Gasteiger partial charge on any atom is 0.0916 e. The summed E-state index contributed by atoms with van der Waals surface area (Å²) >= 11 is 0. The van der Waals surface area contributed by atoms with E-state index >= 15 is 0 Å². The Hall–Kier alpha value is -0.940. The van der Waals surface area contributed by atoms with Crippen molar-refractivity contribution in [3.8, 4) is 0 Å². The third-order valence-corrected chi connectivity index (χ3v) is 4.92. The molecule has 0 aromatic heterocycles. The zero-order chi connectivity index (χ0) is 14.7. The zero-order valence-electron chi connectivity index (χ0n) is 12.7. The van der Waals surface area contributed by atoms with Gasteiger partial charge in [-0.05, 0) is 50.0 Å². The van der Waals surface area contributed by atoms with E-state index in [0.29, 0.717) is 12.6 Å². The molecule has 3 rings (SSSR count). The van der Waals surface area contributed by atoms with Crippen LogP contribution in [0.5, 0.6) is 0 Å². The molecule has 116 valence electrons. The molecule has 0 radical (unpaired) electrons. The number of rotatable bonds is 4. The minimum Gasteiger partial charge on any atom is -0.387 e. The van der Waals surface area contributed by atoms with Crippen LogP contribution in [0.25, 0.3) is 0 Å². The first-order valence-electron chi connectivity index (χ1n) is 8.19. The van der Waals surface area contributed by atoms with Gasteiger partial charge in [0, 0.05) is 25.7 Å². The summed E-state index contributed by atoms with van der Waals surface area (Å²) in [6.45, 7) is 6.00. The second kappa shape index (κ2) is 6.88. The maximum atomic E-state index is 10.5. The number of nitrogens with zero attached hydrogens (tertiary/aromatic N) is 2. The smallest absolute Gasteiger partial charge is 0.0916 e. The van der Waals surface area contributed by atoms with E-state index in [4.69, 9.17) is 5.73 Å². The van der Waals surface area contributed by atoms with Crippen LogP contribution in [-0.2, 0) is 6.54 Å². The zero-order valence-corrected chi connectivity index (χ0v) is 12.7. The van der Waals surface area contributed by atoms with E-state index in [1.165, 1.54) is 32.4 Å². The van der Waals surface area contributed by atoms with Gasteiger partial charge in [-0.1, -0.05) is 24.3 Å². The Bertz CT molecular complexity index is 448. The Balaban J connectivity index is 1.59. The van der Waals surface area contributed by atoms with Gasteiger partial charge in [-0.15, -0.1) is 0 Å². The van der Waals surface area contributed by atoms with Crippen molar-refractivity contribution in [2.75, 3.05) is 32.7 Å². The number of hydrogen-bond acceptors (Lipinski definition) is 4. The van der Waals surface area contributed by atoms with Crippen LogP contribution in [0.15, 0.2) is 24.3 Å². The summed E-state index contributed by atoms with van der Waals surface area (Å²) in [5.41, 5.74) is 7.73. The molecular formula is C17H27N3O. The highest BCUT2D eigenvalue weighted by Gasteiger charge is 2.29. The van der Waals surface area contributed by atoms with Gasteiger partial charge in [0.1, 0.15) is 0 Å². The number of nitrogens with two attached hydrogens (primary N) is 1. The Morgan fingerprint density at radius 2 is 1.90 bits per heavy atom. The molecule has 2 aliphatic rings. The summed E-state index contributed by atoms with van der Waals surface area (Å²) in [6.07, 6.45) is 3.47. The maximum absolute atomic E-state index is 10.5. The minimum atomic E-state index is -0.398. The molecule has 2 fully saturated rings. The minimum absolute atomic E-state index is 0.398. The molecule has 1 aromatic rings. The van der Waals surface area contributed by atoms with Crippen molar-refractivity contribution in [3.63, 3.8) is 0 Å². The molecule has 2 aliphatic heterocycles. The van der Waals surface area contributed by atoms with Crippen LogP contribution < -0.4 is 5.73 Å². The Morgan fingerprint density at radius 3 is 2.67 bits per heavy atom. The van der Waals surface area contributed by atoms with Crippen LogP contribution in [0.1, 0.15) is 36.5 Å². The number of β-amino-alcohol motifs (C(OH)–C–C–N with tert-alkyl or cyclic N) is 1. The predicted octanol–water partition coefficient (Wildman–Crippen LogP) is 1.35. The van der Waals surface area contributed by atoms with Gasteiger partial charge >= 0.3 is 0 Å². The predicted molar refractivity (Wildman–Crippen MR) is 84.9 cm³/mol. The van der Waals surface area contributed by atoms with Crippen molar-refractivity contribution in [1.82, 2.24) is 9.80 Å². The molecule has 4 nitrogen and oxygen atoms in total. The van der Waals surface area contributed by atoms with E-state index in [2.05, 4.69) is 9.80 Å². The Labute approximate surface area is 127 Å². The summed E-state index contributed by atoms with van der Waals surface area (Å²) < 4.78 is 0. The summed E-state index contributed by atoms with van der Waals surface area (Å²) in [4.78, 5) is 5.07. The fourth-order valence-electron chi connectivity index (χ4n) is 3.67. The van der Waals surface area contributed by atoms with Crippen LogP contribution in [0, 0.1) is 0 Å². The third-order valence-electron chi connectivity index (χ3n) is 4.92. The Morgan fingerprint density at radius 1 is 1.14 bits per heavy atom.